The SMILES string of the molecule is CN(C(=O)CNC(=O)c1ccc(-c2ccc3cc[nH]c3c2)o1)C1CCCCC1. The second kappa shape index (κ2) is 7.92. The molecule has 0 radical (unpaired) electrons. The van der Waals surface area contributed by atoms with Crippen LogP contribution in [0.15, 0.2) is 47.0 Å². The van der Waals surface area contributed by atoms with Crippen molar-refractivity contribution < 1.29 is 14.0 Å². The Kier molecular flexibility index (Phi) is 5.19. The Morgan fingerprint density at radius 1 is 1.14 bits per heavy atom. The number of nitrogens with zero attached hydrogens (tertiary/aromatic N) is 1. The number of benzene rings is 1. The molecular formula is C22H25N3O3. The van der Waals surface area contributed by atoms with Gasteiger partial charge in [0.25, 0.3) is 5.91 Å². The summed E-state index contributed by atoms with van der Waals surface area (Å²) in [6.45, 7) is -0.0176. The maximum atomic E-state index is 12.4. The number of fused-ring (bicyclic) bond motifs is 1. The minimum atomic E-state index is -0.377. The molecule has 1 aromatic carbocycles. The fourth-order valence-electron chi connectivity index (χ4n) is 3.86. The third-order valence-electron chi connectivity index (χ3n) is 5.59. The fraction of sp³-hybridized carbons (Fsp3) is 0.364. The molecule has 3 aromatic rings. The molecule has 28 heavy (non-hydrogen) atoms. The van der Waals surface area contributed by atoms with E-state index in [0.717, 1.165) is 42.1 Å². The summed E-state index contributed by atoms with van der Waals surface area (Å²) >= 11 is 0. The number of aromatic amines is 1. The summed E-state index contributed by atoms with van der Waals surface area (Å²) in [7, 11) is 1.83. The zero-order valence-corrected chi connectivity index (χ0v) is 16.0. The van der Waals surface area contributed by atoms with Crippen LogP contribution in [-0.2, 0) is 4.79 Å². The Balaban J connectivity index is 1.36. The van der Waals surface area contributed by atoms with Gasteiger partial charge >= 0.3 is 0 Å². The average molecular weight is 379 g/mol. The van der Waals surface area contributed by atoms with E-state index in [4.69, 9.17) is 4.42 Å². The monoisotopic (exact) mass is 379 g/mol. The van der Waals surface area contributed by atoms with Gasteiger partial charge in [0.2, 0.25) is 5.91 Å². The van der Waals surface area contributed by atoms with Crippen LogP contribution in [0.4, 0.5) is 0 Å². The van der Waals surface area contributed by atoms with Gasteiger partial charge in [-0.25, -0.2) is 0 Å². The van der Waals surface area contributed by atoms with E-state index in [9.17, 15) is 9.59 Å². The van der Waals surface area contributed by atoms with E-state index in [1.54, 1.807) is 17.0 Å². The zero-order valence-electron chi connectivity index (χ0n) is 16.0. The molecule has 6 nitrogen and oxygen atoms in total. The number of nitrogens with one attached hydrogen (secondary N) is 2. The first-order valence-electron chi connectivity index (χ1n) is 9.83. The summed E-state index contributed by atoms with van der Waals surface area (Å²) in [5, 5.41) is 3.80. The Hall–Kier alpha value is -3.02. The van der Waals surface area contributed by atoms with E-state index in [2.05, 4.69) is 10.3 Å². The highest BCUT2D eigenvalue weighted by Crippen LogP contribution is 2.26. The quantitative estimate of drug-likeness (QED) is 0.705. The molecule has 0 bridgehead atoms. The first kappa shape index (κ1) is 18.3. The molecule has 1 aliphatic carbocycles. The predicted octanol–water partition coefficient (Wildman–Crippen LogP) is 3.95. The highest BCUT2D eigenvalue weighted by atomic mass is 16.3. The number of carbonyl (C=O) groups excluding carboxylic acids is 2. The molecule has 2 amide bonds. The highest BCUT2D eigenvalue weighted by molar-refractivity contribution is 5.95. The van der Waals surface area contributed by atoms with E-state index in [1.165, 1.54) is 6.42 Å². The molecule has 0 saturated heterocycles. The summed E-state index contributed by atoms with van der Waals surface area (Å²) in [6.07, 6.45) is 7.55. The van der Waals surface area contributed by atoms with Crippen LogP contribution in [-0.4, -0.2) is 41.3 Å². The summed E-state index contributed by atoms with van der Waals surface area (Å²) < 4.78 is 5.72. The number of H-pyrrole nitrogens is 1. The van der Waals surface area contributed by atoms with Gasteiger partial charge in [0, 0.05) is 30.4 Å². The van der Waals surface area contributed by atoms with Crippen molar-refractivity contribution in [2.75, 3.05) is 13.6 Å². The maximum absolute atomic E-state index is 12.4. The van der Waals surface area contributed by atoms with Gasteiger partial charge in [0.15, 0.2) is 5.76 Å². The minimum absolute atomic E-state index is 0.0176. The van der Waals surface area contributed by atoms with Crippen molar-refractivity contribution in [1.82, 2.24) is 15.2 Å². The van der Waals surface area contributed by atoms with Gasteiger partial charge in [-0.1, -0.05) is 31.4 Å². The van der Waals surface area contributed by atoms with Crippen LogP contribution in [0.3, 0.4) is 0 Å². The van der Waals surface area contributed by atoms with Crippen molar-refractivity contribution in [2.45, 2.75) is 38.1 Å². The Labute approximate surface area is 163 Å². The first-order valence-corrected chi connectivity index (χ1v) is 9.83. The minimum Gasteiger partial charge on any atom is -0.451 e. The molecule has 6 heteroatoms. The number of amides is 2. The molecule has 1 aliphatic rings. The van der Waals surface area contributed by atoms with Gasteiger partial charge in [-0.2, -0.15) is 0 Å². The topological polar surface area (TPSA) is 78.3 Å². The van der Waals surface area contributed by atoms with Crippen LogP contribution in [0.5, 0.6) is 0 Å². The van der Waals surface area contributed by atoms with Gasteiger partial charge in [0.1, 0.15) is 5.76 Å². The van der Waals surface area contributed by atoms with Crippen molar-refractivity contribution in [2.24, 2.45) is 0 Å². The second-order valence-electron chi connectivity index (χ2n) is 7.42. The van der Waals surface area contributed by atoms with Crippen molar-refractivity contribution in [3.8, 4) is 11.3 Å². The molecule has 1 saturated carbocycles. The molecule has 0 spiro atoms. The zero-order chi connectivity index (χ0) is 19.5. The lowest BCUT2D eigenvalue weighted by Crippen LogP contribution is -2.44. The number of likely N-dealkylation sites (N-methyl/N-ethyl adjacent to an activating group) is 1. The van der Waals surface area contributed by atoms with Crippen molar-refractivity contribution in [3.05, 3.63) is 48.4 Å². The van der Waals surface area contributed by atoms with Crippen LogP contribution >= 0.6 is 0 Å². The van der Waals surface area contributed by atoms with Crippen molar-refractivity contribution >= 4 is 22.7 Å². The molecule has 1 fully saturated rings. The van der Waals surface area contributed by atoms with Crippen LogP contribution in [0.2, 0.25) is 0 Å². The highest BCUT2D eigenvalue weighted by Gasteiger charge is 2.22. The smallest absolute Gasteiger partial charge is 0.287 e. The molecule has 2 heterocycles. The number of aromatic nitrogens is 1. The van der Waals surface area contributed by atoms with Gasteiger partial charge in [-0.05, 0) is 42.5 Å². The number of furan rings is 1. The van der Waals surface area contributed by atoms with Crippen LogP contribution in [0, 0.1) is 0 Å². The standard InChI is InChI=1S/C22H25N3O3/c1-25(17-5-3-2-4-6-17)21(26)14-24-22(27)20-10-9-19(28-20)16-8-7-15-11-12-23-18(15)13-16/h7-13,17,23H,2-6,14H2,1H3,(H,24,27). The van der Waals surface area contributed by atoms with Gasteiger partial charge in [0.05, 0.1) is 6.54 Å². The van der Waals surface area contributed by atoms with Crippen LogP contribution < -0.4 is 5.32 Å². The number of carbonyl (C=O) groups is 2. The van der Waals surface area contributed by atoms with Crippen molar-refractivity contribution in [1.29, 1.82) is 0 Å². The molecule has 2 aromatic heterocycles. The maximum Gasteiger partial charge on any atom is 0.287 e. The summed E-state index contributed by atoms with van der Waals surface area (Å²) in [5.74, 6) is 0.379. The van der Waals surface area contributed by atoms with E-state index >= 15 is 0 Å². The Morgan fingerprint density at radius 2 is 1.96 bits per heavy atom. The summed E-state index contributed by atoms with van der Waals surface area (Å²) in [4.78, 5) is 29.7. The number of rotatable bonds is 5. The van der Waals surface area contributed by atoms with Gasteiger partial charge in [-0.15, -0.1) is 0 Å². The molecule has 4 rings (SSSR count). The van der Waals surface area contributed by atoms with Crippen LogP contribution in [0.25, 0.3) is 22.2 Å². The fourth-order valence-corrected chi connectivity index (χ4v) is 3.86. The third-order valence-corrected chi connectivity index (χ3v) is 5.59. The van der Waals surface area contributed by atoms with Crippen molar-refractivity contribution in [3.63, 3.8) is 0 Å². The Bertz CT molecular complexity index is 982. The second-order valence-corrected chi connectivity index (χ2v) is 7.42. The van der Waals surface area contributed by atoms with E-state index in [1.807, 2.05) is 37.5 Å². The van der Waals surface area contributed by atoms with E-state index in [-0.39, 0.29) is 30.2 Å². The molecule has 0 aliphatic heterocycles. The average Bonchev–Trinajstić information content (AvgIpc) is 3.40. The lowest BCUT2D eigenvalue weighted by Gasteiger charge is -2.31. The van der Waals surface area contributed by atoms with E-state index < -0.39 is 0 Å². The number of hydrogen-bond acceptors (Lipinski definition) is 3. The molecule has 0 atom stereocenters. The first-order chi connectivity index (χ1) is 13.6. The van der Waals surface area contributed by atoms with Gasteiger partial charge < -0.3 is 19.6 Å². The normalized spacial score (nSPS) is 14.9. The van der Waals surface area contributed by atoms with Gasteiger partial charge in [-0.3, -0.25) is 9.59 Å². The molecule has 146 valence electrons. The molecule has 0 unspecified atom stereocenters. The lowest BCUT2D eigenvalue weighted by molar-refractivity contribution is -0.131. The predicted molar refractivity (Wildman–Crippen MR) is 108 cm³/mol. The Morgan fingerprint density at radius 3 is 2.79 bits per heavy atom. The van der Waals surface area contributed by atoms with Crippen LogP contribution in [0.1, 0.15) is 42.7 Å². The molecular weight excluding hydrogens is 354 g/mol. The van der Waals surface area contributed by atoms with E-state index in [0.29, 0.717) is 5.76 Å². The largest absolute Gasteiger partial charge is 0.451 e. The third kappa shape index (κ3) is 3.81. The summed E-state index contributed by atoms with van der Waals surface area (Å²) in [5.41, 5.74) is 1.90. The lowest BCUT2D eigenvalue weighted by atomic mass is 9.94. The summed E-state index contributed by atoms with van der Waals surface area (Å²) in [6, 6.07) is 11.6. The number of hydrogen-bond donors (Lipinski definition) is 2. The molecule has 2 N–H and O–H groups in total.